The van der Waals surface area contributed by atoms with Gasteiger partial charge in [-0.3, -0.25) is 9.78 Å². The van der Waals surface area contributed by atoms with E-state index in [9.17, 15) is 4.79 Å². The van der Waals surface area contributed by atoms with Crippen molar-refractivity contribution < 1.29 is 9.32 Å². The lowest BCUT2D eigenvalue weighted by Crippen LogP contribution is -2.17. The highest BCUT2D eigenvalue weighted by atomic mass is 16.5. The molecular weight excluding hydrogens is 242 g/mol. The molecule has 0 saturated carbocycles. The first-order valence-electron chi connectivity index (χ1n) is 6.43. The highest BCUT2D eigenvalue weighted by Crippen LogP contribution is 2.28. The molecule has 1 aliphatic carbocycles. The smallest absolute Gasteiger partial charge is 0.278 e. The number of anilines is 1. The highest BCUT2D eigenvalue weighted by Gasteiger charge is 2.26. The summed E-state index contributed by atoms with van der Waals surface area (Å²) in [5.41, 5.74) is 2.09. The number of rotatable bonds is 2. The molecule has 98 valence electrons. The quantitative estimate of drug-likeness (QED) is 0.897. The van der Waals surface area contributed by atoms with Gasteiger partial charge in [0, 0.05) is 30.1 Å². The number of amides is 1. The third-order valence-electron chi connectivity index (χ3n) is 3.44. The summed E-state index contributed by atoms with van der Waals surface area (Å²) in [5, 5.41) is 6.73. The Bertz CT molecular complexity index is 592. The number of nitrogens with zero attached hydrogens (tertiary/aromatic N) is 2. The zero-order chi connectivity index (χ0) is 13.2. The average molecular weight is 257 g/mol. The average Bonchev–Trinajstić information content (AvgIpc) is 2.82. The Balaban J connectivity index is 1.83. The van der Waals surface area contributed by atoms with Crippen LogP contribution in [0, 0.1) is 5.92 Å². The minimum atomic E-state index is -0.217. The number of fused-ring (bicyclic) bond motifs is 1. The van der Waals surface area contributed by atoms with Gasteiger partial charge in [-0.05, 0) is 30.9 Å². The molecule has 1 aliphatic rings. The molecule has 0 bridgehead atoms. The molecule has 0 saturated heterocycles. The van der Waals surface area contributed by atoms with Gasteiger partial charge in [-0.15, -0.1) is 0 Å². The van der Waals surface area contributed by atoms with Crippen LogP contribution in [-0.2, 0) is 12.8 Å². The summed E-state index contributed by atoms with van der Waals surface area (Å²) in [4.78, 5) is 16.1. The van der Waals surface area contributed by atoms with E-state index in [4.69, 9.17) is 4.52 Å². The number of pyridine rings is 1. The van der Waals surface area contributed by atoms with Gasteiger partial charge in [0.2, 0.25) is 0 Å². The number of aryl methyl sites for hydroxylation is 1. The molecule has 0 unspecified atom stereocenters. The first-order valence-corrected chi connectivity index (χ1v) is 6.43. The van der Waals surface area contributed by atoms with Gasteiger partial charge >= 0.3 is 0 Å². The van der Waals surface area contributed by atoms with Crippen molar-refractivity contribution in [2.45, 2.75) is 26.2 Å². The fourth-order valence-corrected chi connectivity index (χ4v) is 2.38. The van der Waals surface area contributed by atoms with Gasteiger partial charge in [-0.25, -0.2) is 0 Å². The van der Waals surface area contributed by atoms with Crippen LogP contribution >= 0.6 is 0 Å². The topological polar surface area (TPSA) is 68.0 Å². The summed E-state index contributed by atoms with van der Waals surface area (Å²) in [5.74, 6) is 1.21. The van der Waals surface area contributed by atoms with Crippen LogP contribution in [0.15, 0.2) is 29.0 Å². The van der Waals surface area contributed by atoms with Gasteiger partial charge in [-0.2, -0.15) is 0 Å². The zero-order valence-corrected chi connectivity index (χ0v) is 10.7. The van der Waals surface area contributed by atoms with Crippen LogP contribution in [0.25, 0.3) is 0 Å². The molecule has 1 N–H and O–H groups in total. The predicted molar refractivity (Wildman–Crippen MR) is 69.9 cm³/mol. The largest absolute Gasteiger partial charge is 0.360 e. The first-order chi connectivity index (χ1) is 9.24. The van der Waals surface area contributed by atoms with Gasteiger partial charge in [0.05, 0.1) is 0 Å². The van der Waals surface area contributed by atoms with Crippen LogP contribution in [0.5, 0.6) is 0 Å². The molecule has 2 aromatic heterocycles. The lowest BCUT2D eigenvalue weighted by Gasteiger charge is -2.16. The lowest BCUT2D eigenvalue weighted by molar-refractivity contribution is 0.101. The van der Waals surface area contributed by atoms with Crippen LogP contribution in [-0.4, -0.2) is 16.0 Å². The number of aromatic nitrogens is 2. The van der Waals surface area contributed by atoms with Crippen LogP contribution < -0.4 is 5.32 Å². The van der Waals surface area contributed by atoms with Crippen LogP contribution in [0.2, 0.25) is 0 Å². The summed E-state index contributed by atoms with van der Waals surface area (Å²) in [6.07, 6.45) is 6.09. The predicted octanol–water partition coefficient (Wildman–Crippen LogP) is 2.45. The Kier molecular flexibility index (Phi) is 3.03. The molecule has 0 aliphatic heterocycles. The molecule has 5 heteroatoms. The maximum Gasteiger partial charge on any atom is 0.278 e. The second-order valence-corrected chi connectivity index (χ2v) is 4.97. The third-order valence-corrected chi connectivity index (χ3v) is 3.44. The standard InChI is InChI=1S/C14H15N3O2/c1-9-2-3-12-11(8-9)13(17-19-12)14(18)16-10-4-6-15-7-5-10/h4-7,9H,2-3,8H2,1H3,(H,15,16,18)/t9-/m0/s1. The fourth-order valence-electron chi connectivity index (χ4n) is 2.38. The Hall–Kier alpha value is -2.17. The number of hydrogen-bond donors (Lipinski definition) is 1. The molecule has 1 amide bonds. The summed E-state index contributed by atoms with van der Waals surface area (Å²) in [6.45, 7) is 2.18. The van der Waals surface area contributed by atoms with E-state index in [-0.39, 0.29) is 5.91 Å². The molecule has 5 nitrogen and oxygen atoms in total. The fraction of sp³-hybridized carbons (Fsp3) is 0.357. The van der Waals surface area contributed by atoms with E-state index in [1.807, 2.05) is 0 Å². The van der Waals surface area contributed by atoms with Crippen molar-refractivity contribution in [2.75, 3.05) is 5.32 Å². The molecule has 1 atom stereocenters. The lowest BCUT2D eigenvalue weighted by atomic mass is 9.88. The summed E-state index contributed by atoms with van der Waals surface area (Å²) in [7, 11) is 0. The minimum absolute atomic E-state index is 0.217. The van der Waals surface area contributed by atoms with E-state index in [2.05, 4.69) is 22.4 Å². The molecule has 3 rings (SSSR count). The summed E-state index contributed by atoms with van der Waals surface area (Å²) >= 11 is 0. The van der Waals surface area contributed by atoms with Crippen molar-refractivity contribution in [1.29, 1.82) is 0 Å². The third kappa shape index (κ3) is 2.36. The maximum absolute atomic E-state index is 12.2. The second kappa shape index (κ2) is 4.84. The normalized spacial score (nSPS) is 17.8. The van der Waals surface area contributed by atoms with Crippen molar-refractivity contribution in [3.05, 3.63) is 41.5 Å². The van der Waals surface area contributed by atoms with E-state index in [1.54, 1.807) is 24.5 Å². The number of hydrogen-bond acceptors (Lipinski definition) is 4. The van der Waals surface area contributed by atoms with Crippen molar-refractivity contribution in [3.63, 3.8) is 0 Å². The minimum Gasteiger partial charge on any atom is -0.360 e. The molecular formula is C14H15N3O2. The number of carbonyl (C=O) groups is 1. The first kappa shape index (κ1) is 11.9. The molecule has 0 radical (unpaired) electrons. The van der Waals surface area contributed by atoms with Crippen molar-refractivity contribution >= 4 is 11.6 Å². The SMILES string of the molecule is C[C@H]1CCc2onc(C(=O)Nc3ccncc3)c2C1. The van der Waals surface area contributed by atoms with Crippen molar-refractivity contribution in [2.24, 2.45) is 5.92 Å². The van der Waals surface area contributed by atoms with E-state index >= 15 is 0 Å². The number of nitrogens with one attached hydrogen (secondary N) is 1. The number of carbonyl (C=O) groups excluding carboxylic acids is 1. The molecule has 2 aromatic rings. The molecule has 0 aromatic carbocycles. The molecule has 0 fully saturated rings. The highest BCUT2D eigenvalue weighted by molar-refractivity contribution is 6.03. The van der Waals surface area contributed by atoms with E-state index in [0.29, 0.717) is 17.3 Å². The molecule has 0 spiro atoms. The second-order valence-electron chi connectivity index (χ2n) is 4.97. The van der Waals surface area contributed by atoms with Crippen molar-refractivity contribution in [3.8, 4) is 0 Å². The summed E-state index contributed by atoms with van der Waals surface area (Å²) < 4.78 is 5.27. The molecule has 19 heavy (non-hydrogen) atoms. The Labute approximate surface area is 111 Å². The van der Waals surface area contributed by atoms with E-state index in [0.717, 1.165) is 30.6 Å². The summed E-state index contributed by atoms with van der Waals surface area (Å²) in [6, 6.07) is 3.49. The van der Waals surface area contributed by atoms with E-state index in [1.165, 1.54) is 0 Å². The zero-order valence-electron chi connectivity index (χ0n) is 10.7. The van der Waals surface area contributed by atoms with Gasteiger partial charge in [0.25, 0.3) is 5.91 Å². The van der Waals surface area contributed by atoms with Crippen LogP contribution in [0.4, 0.5) is 5.69 Å². The van der Waals surface area contributed by atoms with Gasteiger partial charge in [-0.1, -0.05) is 12.1 Å². The monoisotopic (exact) mass is 257 g/mol. The molecule has 2 heterocycles. The maximum atomic E-state index is 12.2. The van der Waals surface area contributed by atoms with Crippen molar-refractivity contribution in [1.82, 2.24) is 10.1 Å². The van der Waals surface area contributed by atoms with Crippen LogP contribution in [0.3, 0.4) is 0 Å². The van der Waals surface area contributed by atoms with Gasteiger partial charge < -0.3 is 9.84 Å². The Morgan fingerprint density at radius 3 is 3.00 bits per heavy atom. The Morgan fingerprint density at radius 2 is 2.21 bits per heavy atom. The van der Waals surface area contributed by atoms with E-state index < -0.39 is 0 Å². The Morgan fingerprint density at radius 1 is 1.42 bits per heavy atom. The van der Waals surface area contributed by atoms with Gasteiger partial charge in [0.1, 0.15) is 5.76 Å². The van der Waals surface area contributed by atoms with Gasteiger partial charge in [0.15, 0.2) is 5.69 Å². The van der Waals surface area contributed by atoms with Crippen LogP contribution in [0.1, 0.15) is 35.2 Å².